The fraction of sp³-hybridized carbons (Fsp3) is 0.500. The first kappa shape index (κ1) is 12.8. The van der Waals surface area contributed by atoms with E-state index in [1.54, 1.807) is 0 Å². The van der Waals surface area contributed by atoms with Gasteiger partial charge in [0.1, 0.15) is 0 Å². The molecule has 0 atom stereocenters. The molecule has 0 saturated heterocycles. The van der Waals surface area contributed by atoms with Crippen molar-refractivity contribution >= 4 is 5.78 Å². The van der Waals surface area contributed by atoms with Gasteiger partial charge in [0.15, 0.2) is 5.78 Å². The first-order valence-corrected chi connectivity index (χ1v) is 6.07. The molecular weight excluding hydrogens is 198 g/mol. The minimum atomic E-state index is 0.227. The Kier molecular flexibility index (Phi) is 5.62. The second-order valence-corrected chi connectivity index (χ2v) is 4.05. The Bertz CT molecular complexity index is 338. The highest BCUT2D eigenvalue weighted by Gasteiger charge is 2.04. The molecule has 1 rings (SSSR count). The molecule has 2 nitrogen and oxygen atoms in total. The largest absolute Gasteiger partial charge is 0.354 e. The van der Waals surface area contributed by atoms with Crippen LogP contribution in [-0.4, -0.2) is 10.4 Å². The minimum absolute atomic E-state index is 0.227. The molecule has 0 saturated carbocycles. The van der Waals surface area contributed by atoms with Crippen LogP contribution in [-0.2, 0) is 6.54 Å². The van der Waals surface area contributed by atoms with Crippen molar-refractivity contribution in [2.45, 2.75) is 45.6 Å². The summed E-state index contributed by atoms with van der Waals surface area (Å²) in [7, 11) is 0. The third-order valence-electron chi connectivity index (χ3n) is 2.72. The van der Waals surface area contributed by atoms with E-state index in [2.05, 4.69) is 11.1 Å². The second-order valence-electron chi connectivity index (χ2n) is 4.05. The van der Waals surface area contributed by atoms with Gasteiger partial charge in [-0.2, -0.15) is 0 Å². The summed E-state index contributed by atoms with van der Waals surface area (Å²) in [4.78, 5) is 11.4. The van der Waals surface area contributed by atoms with Gasteiger partial charge >= 0.3 is 0 Å². The predicted octanol–water partition coefficient (Wildman–Crippen LogP) is 3.83. The standard InChI is InChI=1S/C14H21NO/c1-3-5-6-7-8-10-15-11-9-13(12-15)14(16)4-2/h3,9,11-12H,1,4-8,10H2,2H3. The number of rotatable bonds is 8. The van der Waals surface area contributed by atoms with Gasteiger partial charge in [-0.1, -0.05) is 19.4 Å². The van der Waals surface area contributed by atoms with Crippen molar-refractivity contribution in [3.05, 3.63) is 36.7 Å². The highest BCUT2D eigenvalue weighted by molar-refractivity contribution is 5.95. The highest BCUT2D eigenvalue weighted by atomic mass is 16.1. The number of carbonyl (C=O) groups is 1. The number of ketones is 1. The van der Waals surface area contributed by atoms with Crippen LogP contribution in [0.5, 0.6) is 0 Å². The Morgan fingerprint density at radius 2 is 2.25 bits per heavy atom. The Labute approximate surface area is 98.0 Å². The maximum absolute atomic E-state index is 11.4. The van der Waals surface area contributed by atoms with Crippen molar-refractivity contribution in [3.63, 3.8) is 0 Å². The number of hydrogen-bond acceptors (Lipinski definition) is 1. The average Bonchev–Trinajstić information content (AvgIpc) is 2.76. The lowest BCUT2D eigenvalue weighted by Gasteiger charge is -2.01. The summed E-state index contributed by atoms with van der Waals surface area (Å²) < 4.78 is 2.11. The Hall–Kier alpha value is -1.31. The van der Waals surface area contributed by atoms with Crippen LogP contribution < -0.4 is 0 Å². The molecule has 1 heterocycles. The van der Waals surface area contributed by atoms with Gasteiger partial charge in [-0.3, -0.25) is 4.79 Å². The topological polar surface area (TPSA) is 22.0 Å². The number of hydrogen-bond donors (Lipinski definition) is 0. The summed E-state index contributed by atoms with van der Waals surface area (Å²) in [6.07, 6.45) is 11.2. The molecule has 0 bridgehead atoms. The number of unbranched alkanes of at least 4 members (excludes halogenated alkanes) is 3. The zero-order chi connectivity index (χ0) is 11.8. The van der Waals surface area contributed by atoms with Gasteiger partial charge < -0.3 is 4.57 Å². The normalized spacial score (nSPS) is 10.3. The zero-order valence-electron chi connectivity index (χ0n) is 10.1. The number of nitrogens with zero attached hydrogens (tertiary/aromatic N) is 1. The Balaban J connectivity index is 2.29. The molecule has 0 aromatic carbocycles. The number of Topliss-reactive ketones (excluding diaryl/α,β-unsaturated/α-hetero) is 1. The molecule has 88 valence electrons. The van der Waals surface area contributed by atoms with Crippen LogP contribution in [0.2, 0.25) is 0 Å². The van der Waals surface area contributed by atoms with E-state index in [1.807, 2.05) is 31.5 Å². The van der Waals surface area contributed by atoms with E-state index in [4.69, 9.17) is 0 Å². The Morgan fingerprint density at radius 3 is 2.94 bits per heavy atom. The molecule has 1 aromatic heterocycles. The van der Waals surface area contributed by atoms with Crippen LogP contribution in [0.3, 0.4) is 0 Å². The molecular formula is C14H21NO. The monoisotopic (exact) mass is 219 g/mol. The van der Waals surface area contributed by atoms with Crippen molar-refractivity contribution in [2.24, 2.45) is 0 Å². The van der Waals surface area contributed by atoms with Crippen LogP contribution in [0.4, 0.5) is 0 Å². The molecule has 1 aromatic rings. The van der Waals surface area contributed by atoms with Gasteiger partial charge in [0.25, 0.3) is 0 Å². The first-order chi connectivity index (χ1) is 7.77. The summed E-state index contributed by atoms with van der Waals surface area (Å²) in [5.74, 6) is 0.227. The molecule has 16 heavy (non-hydrogen) atoms. The lowest BCUT2D eigenvalue weighted by molar-refractivity contribution is 0.0988. The molecule has 0 aliphatic carbocycles. The average molecular weight is 219 g/mol. The number of allylic oxidation sites excluding steroid dienone is 1. The summed E-state index contributed by atoms with van der Waals surface area (Å²) in [6.45, 7) is 6.61. The number of aryl methyl sites for hydroxylation is 1. The second kappa shape index (κ2) is 7.04. The van der Waals surface area contributed by atoms with Gasteiger partial charge in [0.05, 0.1) is 0 Å². The molecule has 0 aliphatic heterocycles. The molecule has 0 amide bonds. The molecule has 0 spiro atoms. The molecule has 0 fully saturated rings. The summed E-state index contributed by atoms with van der Waals surface area (Å²) >= 11 is 0. The van der Waals surface area contributed by atoms with Crippen molar-refractivity contribution in [1.82, 2.24) is 4.57 Å². The van der Waals surface area contributed by atoms with E-state index in [-0.39, 0.29) is 5.78 Å². The molecule has 0 radical (unpaired) electrons. The van der Waals surface area contributed by atoms with Crippen molar-refractivity contribution < 1.29 is 4.79 Å². The van der Waals surface area contributed by atoms with Crippen molar-refractivity contribution in [2.75, 3.05) is 0 Å². The summed E-state index contributed by atoms with van der Waals surface area (Å²) in [6, 6.07) is 1.91. The maximum atomic E-state index is 11.4. The van der Waals surface area contributed by atoms with E-state index < -0.39 is 0 Å². The summed E-state index contributed by atoms with van der Waals surface area (Å²) in [5, 5.41) is 0. The van der Waals surface area contributed by atoms with E-state index in [0.29, 0.717) is 6.42 Å². The van der Waals surface area contributed by atoms with Crippen LogP contribution in [0, 0.1) is 0 Å². The van der Waals surface area contributed by atoms with Gasteiger partial charge in [-0.05, 0) is 25.3 Å². The minimum Gasteiger partial charge on any atom is -0.354 e. The lowest BCUT2D eigenvalue weighted by atomic mass is 10.2. The summed E-state index contributed by atoms with van der Waals surface area (Å²) in [5.41, 5.74) is 0.841. The fourth-order valence-corrected chi connectivity index (χ4v) is 1.71. The SMILES string of the molecule is C=CCCCCCn1ccc(C(=O)CC)c1. The quantitative estimate of drug-likeness (QED) is 0.370. The molecule has 2 heteroatoms. The smallest absolute Gasteiger partial charge is 0.164 e. The maximum Gasteiger partial charge on any atom is 0.164 e. The van der Waals surface area contributed by atoms with E-state index >= 15 is 0 Å². The van der Waals surface area contributed by atoms with E-state index in [0.717, 1.165) is 18.5 Å². The zero-order valence-corrected chi connectivity index (χ0v) is 10.1. The highest BCUT2D eigenvalue weighted by Crippen LogP contribution is 2.07. The fourth-order valence-electron chi connectivity index (χ4n) is 1.71. The number of aromatic nitrogens is 1. The van der Waals surface area contributed by atoms with Gasteiger partial charge in [0, 0.05) is 30.9 Å². The molecule has 0 N–H and O–H groups in total. The van der Waals surface area contributed by atoms with Crippen molar-refractivity contribution in [3.8, 4) is 0 Å². The number of carbonyl (C=O) groups excluding carboxylic acids is 1. The van der Waals surface area contributed by atoms with Gasteiger partial charge in [0.2, 0.25) is 0 Å². The molecule has 0 unspecified atom stereocenters. The van der Waals surface area contributed by atoms with Crippen LogP contribution >= 0.6 is 0 Å². The van der Waals surface area contributed by atoms with E-state index in [9.17, 15) is 4.79 Å². The van der Waals surface area contributed by atoms with E-state index in [1.165, 1.54) is 19.3 Å². The van der Waals surface area contributed by atoms with Gasteiger partial charge in [-0.15, -0.1) is 6.58 Å². The van der Waals surface area contributed by atoms with Crippen LogP contribution in [0.25, 0.3) is 0 Å². The molecule has 0 aliphatic rings. The van der Waals surface area contributed by atoms with Gasteiger partial charge in [-0.25, -0.2) is 0 Å². The third-order valence-corrected chi connectivity index (χ3v) is 2.72. The lowest BCUT2D eigenvalue weighted by Crippen LogP contribution is -1.97. The van der Waals surface area contributed by atoms with Crippen molar-refractivity contribution in [1.29, 1.82) is 0 Å². The predicted molar refractivity (Wildman–Crippen MR) is 67.7 cm³/mol. The van der Waals surface area contributed by atoms with Crippen LogP contribution in [0.15, 0.2) is 31.1 Å². The first-order valence-electron chi connectivity index (χ1n) is 6.07. The van der Waals surface area contributed by atoms with Crippen LogP contribution in [0.1, 0.15) is 49.4 Å². The Morgan fingerprint density at radius 1 is 1.44 bits per heavy atom. The third kappa shape index (κ3) is 4.05.